The Morgan fingerprint density at radius 3 is 2.67 bits per heavy atom. The summed E-state index contributed by atoms with van der Waals surface area (Å²) >= 11 is 0. The topological polar surface area (TPSA) is 69.2 Å². The van der Waals surface area contributed by atoms with Gasteiger partial charge in [0, 0.05) is 34.6 Å². The van der Waals surface area contributed by atoms with Crippen molar-refractivity contribution in [3.05, 3.63) is 90.1 Å². The molecule has 0 bridgehead atoms. The van der Waals surface area contributed by atoms with Crippen molar-refractivity contribution in [2.24, 2.45) is 5.10 Å². The van der Waals surface area contributed by atoms with E-state index in [-0.39, 0.29) is 5.82 Å². The molecule has 1 unspecified atom stereocenters. The van der Waals surface area contributed by atoms with Gasteiger partial charge in [0.15, 0.2) is 5.66 Å². The van der Waals surface area contributed by atoms with E-state index in [1.54, 1.807) is 37.1 Å². The number of hydrogen-bond acceptors (Lipinski definition) is 5. The van der Waals surface area contributed by atoms with E-state index in [2.05, 4.69) is 25.7 Å². The molecule has 0 saturated carbocycles. The third kappa shape index (κ3) is 2.36. The average Bonchev–Trinajstić information content (AvgIpc) is 3.36. The van der Waals surface area contributed by atoms with Crippen LogP contribution >= 0.6 is 0 Å². The van der Waals surface area contributed by atoms with Gasteiger partial charge in [-0.1, -0.05) is 18.2 Å². The number of benzene rings is 2. The normalized spacial score (nSPS) is 18.8. The minimum atomic E-state index is -0.834. The highest BCUT2D eigenvalue weighted by Gasteiger charge is 2.43. The van der Waals surface area contributed by atoms with E-state index in [1.165, 1.54) is 12.1 Å². The van der Waals surface area contributed by atoms with Gasteiger partial charge >= 0.3 is 0 Å². The van der Waals surface area contributed by atoms with Crippen LogP contribution in [0.4, 0.5) is 10.1 Å². The van der Waals surface area contributed by atoms with Crippen molar-refractivity contribution in [1.29, 1.82) is 0 Å². The van der Waals surface area contributed by atoms with Crippen molar-refractivity contribution < 1.29 is 4.39 Å². The second-order valence-corrected chi connectivity index (χ2v) is 6.33. The summed E-state index contributed by atoms with van der Waals surface area (Å²) in [6.45, 7) is 0. The zero-order chi connectivity index (χ0) is 18.3. The number of rotatable bonds is 3. The van der Waals surface area contributed by atoms with Crippen LogP contribution in [0.25, 0.3) is 10.9 Å². The number of nitrogens with one attached hydrogen (secondary N) is 2. The Kier molecular flexibility index (Phi) is 3.39. The molecule has 5 rings (SSSR count). The summed E-state index contributed by atoms with van der Waals surface area (Å²) in [7, 11) is 0. The fourth-order valence-corrected chi connectivity index (χ4v) is 3.50. The lowest BCUT2D eigenvalue weighted by molar-refractivity contribution is 0.458. The molecule has 0 fully saturated rings. The maximum absolute atomic E-state index is 13.6. The van der Waals surface area contributed by atoms with Crippen molar-refractivity contribution in [3.8, 4) is 0 Å². The first-order valence-electron chi connectivity index (χ1n) is 8.47. The fourth-order valence-electron chi connectivity index (χ4n) is 3.50. The SMILES string of the molecule is Fc1ccc(C2(c3cccnc3)NN=CN2c2ccc3[nH]ncc3c2)cc1. The molecule has 0 amide bonds. The minimum Gasteiger partial charge on any atom is -0.298 e. The van der Waals surface area contributed by atoms with Crippen LogP contribution in [0.3, 0.4) is 0 Å². The van der Waals surface area contributed by atoms with Gasteiger partial charge in [-0.25, -0.2) is 4.39 Å². The molecule has 1 aliphatic heterocycles. The van der Waals surface area contributed by atoms with Gasteiger partial charge in [-0.05, 0) is 36.4 Å². The molecular weight excluding hydrogens is 343 g/mol. The lowest BCUT2D eigenvalue weighted by Gasteiger charge is -2.38. The Labute approximate surface area is 154 Å². The lowest BCUT2D eigenvalue weighted by atomic mass is 9.91. The molecule has 0 aliphatic carbocycles. The van der Waals surface area contributed by atoms with Gasteiger partial charge in [-0.3, -0.25) is 20.4 Å². The third-order valence-corrected chi connectivity index (χ3v) is 4.80. The summed E-state index contributed by atoms with van der Waals surface area (Å²) in [5, 5.41) is 12.4. The Hall–Kier alpha value is -3.74. The second-order valence-electron chi connectivity index (χ2n) is 6.33. The molecule has 1 aliphatic rings. The van der Waals surface area contributed by atoms with E-state index in [0.717, 1.165) is 27.7 Å². The van der Waals surface area contributed by atoms with Crippen molar-refractivity contribution >= 4 is 22.9 Å². The number of aromatic amines is 1. The summed E-state index contributed by atoms with van der Waals surface area (Å²) in [4.78, 5) is 6.29. The lowest BCUT2D eigenvalue weighted by Crippen LogP contribution is -2.50. The van der Waals surface area contributed by atoms with Crippen LogP contribution in [0.5, 0.6) is 0 Å². The van der Waals surface area contributed by atoms with Crippen LogP contribution in [0, 0.1) is 5.82 Å². The number of fused-ring (bicyclic) bond motifs is 1. The Morgan fingerprint density at radius 1 is 0.963 bits per heavy atom. The molecular formula is C20H15FN6. The number of hydrogen-bond donors (Lipinski definition) is 2. The Balaban J connectivity index is 1.72. The molecule has 0 saturated heterocycles. The van der Waals surface area contributed by atoms with Gasteiger partial charge in [-0.15, -0.1) is 0 Å². The Morgan fingerprint density at radius 2 is 1.85 bits per heavy atom. The highest BCUT2D eigenvalue weighted by Crippen LogP contribution is 2.39. The predicted octanol–water partition coefficient (Wildman–Crippen LogP) is 3.35. The zero-order valence-electron chi connectivity index (χ0n) is 14.2. The third-order valence-electron chi connectivity index (χ3n) is 4.80. The number of aromatic nitrogens is 3. The molecule has 4 aromatic rings. The summed E-state index contributed by atoms with van der Waals surface area (Å²) in [5.41, 5.74) is 6.00. The molecule has 132 valence electrons. The molecule has 7 heteroatoms. The highest BCUT2D eigenvalue weighted by molar-refractivity contribution is 5.90. The molecule has 2 N–H and O–H groups in total. The summed E-state index contributed by atoms with van der Waals surface area (Å²) < 4.78 is 13.6. The number of halogens is 1. The van der Waals surface area contributed by atoms with Crippen LogP contribution in [0.2, 0.25) is 0 Å². The standard InChI is InChI=1S/C20H15FN6/c21-17-5-3-15(4-6-17)20(16-2-1-9-22-12-16)26-24-13-27(20)18-7-8-19-14(10-18)11-23-25-19/h1-13,26H,(H,23,25). The number of hydrazone groups is 1. The summed E-state index contributed by atoms with van der Waals surface area (Å²) in [6.07, 6.45) is 7.02. The molecule has 1 atom stereocenters. The highest BCUT2D eigenvalue weighted by atomic mass is 19.1. The van der Waals surface area contributed by atoms with Gasteiger partial charge in [0.25, 0.3) is 0 Å². The summed E-state index contributed by atoms with van der Waals surface area (Å²) in [5.74, 6) is -0.287. The molecule has 3 heterocycles. The second kappa shape index (κ2) is 5.91. The van der Waals surface area contributed by atoms with Crippen molar-refractivity contribution in [2.45, 2.75) is 5.66 Å². The first kappa shape index (κ1) is 15.5. The van der Waals surface area contributed by atoms with Gasteiger partial charge in [0.1, 0.15) is 12.2 Å². The maximum atomic E-state index is 13.6. The van der Waals surface area contributed by atoms with E-state index < -0.39 is 5.66 Å². The fraction of sp³-hybridized carbons (Fsp3) is 0.0500. The summed E-state index contributed by atoms with van der Waals surface area (Å²) in [6, 6.07) is 16.3. The largest absolute Gasteiger partial charge is 0.298 e. The van der Waals surface area contributed by atoms with E-state index in [0.29, 0.717) is 0 Å². The van der Waals surface area contributed by atoms with Crippen molar-refractivity contribution in [3.63, 3.8) is 0 Å². The minimum absolute atomic E-state index is 0.287. The quantitative estimate of drug-likeness (QED) is 0.589. The smallest absolute Gasteiger partial charge is 0.185 e. The van der Waals surface area contributed by atoms with Crippen LogP contribution in [0.1, 0.15) is 11.1 Å². The van der Waals surface area contributed by atoms with E-state index >= 15 is 0 Å². The zero-order valence-corrected chi connectivity index (χ0v) is 14.2. The monoisotopic (exact) mass is 358 g/mol. The number of anilines is 1. The molecule has 2 aromatic heterocycles. The van der Waals surface area contributed by atoms with E-state index in [9.17, 15) is 4.39 Å². The Bertz CT molecular complexity index is 1120. The first-order chi connectivity index (χ1) is 13.3. The number of nitrogens with zero attached hydrogens (tertiary/aromatic N) is 4. The van der Waals surface area contributed by atoms with Gasteiger partial charge in [-0.2, -0.15) is 10.2 Å². The van der Waals surface area contributed by atoms with Crippen molar-refractivity contribution in [1.82, 2.24) is 20.6 Å². The van der Waals surface area contributed by atoms with Gasteiger partial charge in [0.05, 0.1) is 11.7 Å². The maximum Gasteiger partial charge on any atom is 0.185 e. The van der Waals surface area contributed by atoms with Crippen LogP contribution in [-0.4, -0.2) is 21.5 Å². The van der Waals surface area contributed by atoms with Crippen LogP contribution in [-0.2, 0) is 5.66 Å². The van der Waals surface area contributed by atoms with E-state index in [1.807, 2.05) is 35.2 Å². The number of H-pyrrole nitrogens is 1. The van der Waals surface area contributed by atoms with Gasteiger partial charge in [0.2, 0.25) is 0 Å². The van der Waals surface area contributed by atoms with Crippen LogP contribution < -0.4 is 10.3 Å². The number of pyridine rings is 1. The molecule has 0 spiro atoms. The average molecular weight is 358 g/mol. The predicted molar refractivity (Wildman–Crippen MR) is 102 cm³/mol. The van der Waals surface area contributed by atoms with Crippen LogP contribution in [0.15, 0.2) is 78.3 Å². The van der Waals surface area contributed by atoms with E-state index in [4.69, 9.17) is 0 Å². The molecule has 2 aromatic carbocycles. The molecule has 6 nitrogen and oxygen atoms in total. The first-order valence-corrected chi connectivity index (χ1v) is 8.47. The van der Waals surface area contributed by atoms with Gasteiger partial charge < -0.3 is 0 Å². The van der Waals surface area contributed by atoms with Crippen molar-refractivity contribution in [2.75, 3.05) is 4.90 Å². The molecule has 27 heavy (non-hydrogen) atoms. The molecule has 0 radical (unpaired) electrons.